The molecule has 21 heavy (non-hydrogen) atoms. The van der Waals surface area contributed by atoms with Crippen LogP contribution in [0.5, 0.6) is 0 Å². The summed E-state index contributed by atoms with van der Waals surface area (Å²) in [6.07, 6.45) is 4.84. The van der Waals surface area contributed by atoms with E-state index in [1.54, 1.807) is 12.3 Å². The topological polar surface area (TPSA) is 28.4 Å². The Morgan fingerprint density at radius 3 is 2.71 bits per heavy atom. The van der Waals surface area contributed by atoms with E-state index in [1.165, 1.54) is 0 Å². The molecule has 2 heterocycles. The molecule has 1 aromatic heterocycles. The number of hydrogen-bond acceptors (Lipinski definition) is 3. The van der Waals surface area contributed by atoms with Crippen molar-refractivity contribution in [2.75, 3.05) is 23.3 Å². The first-order valence-corrected chi connectivity index (χ1v) is 7.62. The van der Waals surface area contributed by atoms with Crippen molar-refractivity contribution in [3.8, 4) is 0 Å². The van der Waals surface area contributed by atoms with E-state index in [0.717, 1.165) is 43.8 Å². The second-order valence-electron chi connectivity index (χ2n) is 5.48. The average Bonchev–Trinajstić information content (AvgIpc) is 3.18. The van der Waals surface area contributed by atoms with Crippen LogP contribution in [0.3, 0.4) is 0 Å². The lowest BCUT2D eigenvalue weighted by molar-refractivity contribution is 0.473. The van der Waals surface area contributed by atoms with Crippen molar-refractivity contribution < 1.29 is 8.81 Å². The molecule has 1 unspecified atom stereocenters. The van der Waals surface area contributed by atoms with Gasteiger partial charge in [-0.05, 0) is 49.6 Å². The Morgan fingerprint density at radius 2 is 2.10 bits per heavy atom. The molecule has 0 aliphatic carbocycles. The Morgan fingerprint density at radius 1 is 1.29 bits per heavy atom. The minimum atomic E-state index is -0.156. The van der Waals surface area contributed by atoms with Gasteiger partial charge in [-0.3, -0.25) is 0 Å². The molecule has 0 saturated carbocycles. The normalized spacial score (nSPS) is 16.2. The van der Waals surface area contributed by atoms with Crippen molar-refractivity contribution in [2.45, 2.75) is 32.2 Å². The summed E-state index contributed by atoms with van der Waals surface area (Å²) in [5, 5.41) is 3.34. The SMILES string of the molecule is CCC(Nc1ccc(N2CCCC2)c(F)c1)c1ccco1. The van der Waals surface area contributed by atoms with Crippen LogP contribution < -0.4 is 10.2 Å². The number of nitrogens with zero attached hydrogens (tertiary/aromatic N) is 1. The van der Waals surface area contributed by atoms with Gasteiger partial charge in [0.1, 0.15) is 11.6 Å². The van der Waals surface area contributed by atoms with E-state index in [-0.39, 0.29) is 11.9 Å². The van der Waals surface area contributed by atoms with Gasteiger partial charge in [-0.2, -0.15) is 0 Å². The first-order chi connectivity index (χ1) is 10.3. The molecule has 1 atom stereocenters. The minimum Gasteiger partial charge on any atom is -0.467 e. The van der Waals surface area contributed by atoms with Crippen molar-refractivity contribution in [1.82, 2.24) is 0 Å². The van der Waals surface area contributed by atoms with Crippen LogP contribution in [-0.4, -0.2) is 13.1 Å². The molecule has 4 heteroatoms. The monoisotopic (exact) mass is 288 g/mol. The average molecular weight is 288 g/mol. The van der Waals surface area contributed by atoms with Gasteiger partial charge in [-0.1, -0.05) is 6.92 Å². The first-order valence-electron chi connectivity index (χ1n) is 7.62. The largest absolute Gasteiger partial charge is 0.467 e. The van der Waals surface area contributed by atoms with Crippen molar-refractivity contribution >= 4 is 11.4 Å². The van der Waals surface area contributed by atoms with Crippen molar-refractivity contribution in [3.63, 3.8) is 0 Å². The van der Waals surface area contributed by atoms with Gasteiger partial charge >= 0.3 is 0 Å². The lowest BCUT2D eigenvalue weighted by Crippen LogP contribution is -2.19. The van der Waals surface area contributed by atoms with E-state index in [9.17, 15) is 4.39 Å². The molecule has 0 spiro atoms. The molecule has 112 valence electrons. The van der Waals surface area contributed by atoms with Crippen LogP contribution >= 0.6 is 0 Å². The summed E-state index contributed by atoms with van der Waals surface area (Å²) in [6, 6.07) is 9.28. The second-order valence-corrected chi connectivity index (χ2v) is 5.48. The molecule has 3 nitrogen and oxygen atoms in total. The molecule has 0 bridgehead atoms. The maximum absolute atomic E-state index is 14.3. The fraction of sp³-hybridized carbons (Fsp3) is 0.412. The second kappa shape index (κ2) is 6.20. The summed E-state index contributed by atoms with van der Waals surface area (Å²) < 4.78 is 19.7. The van der Waals surface area contributed by atoms with E-state index in [0.29, 0.717) is 5.69 Å². The first kappa shape index (κ1) is 14.0. The molecule has 1 aromatic carbocycles. The van der Waals surface area contributed by atoms with Crippen LogP contribution in [0.1, 0.15) is 38.0 Å². The van der Waals surface area contributed by atoms with E-state index >= 15 is 0 Å². The summed E-state index contributed by atoms with van der Waals surface area (Å²) in [6.45, 7) is 3.98. The van der Waals surface area contributed by atoms with Crippen molar-refractivity contribution in [1.29, 1.82) is 0 Å². The summed E-state index contributed by atoms with van der Waals surface area (Å²) in [5.74, 6) is 0.720. The molecule has 1 aliphatic heterocycles. The Bertz CT molecular complexity index is 576. The number of halogens is 1. The van der Waals surface area contributed by atoms with E-state index < -0.39 is 0 Å². The number of furan rings is 1. The molecule has 2 aromatic rings. The van der Waals surface area contributed by atoms with Crippen LogP contribution in [0.25, 0.3) is 0 Å². The summed E-state index contributed by atoms with van der Waals surface area (Å²) >= 11 is 0. The van der Waals surface area contributed by atoms with Crippen LogP contribution in [0, 0.1) is 5.82 Å². The fourth-order valence-electron chi connectivity index (χ4n) is 2.88. The van der Waals surface area contributed by atoms with E-state index in [4.69, 9.17) is 4.42 Å². The molecule has 1 saturated heterocycles. The quantitative estimate of drug-likeness (QED) is 0.872. The van der Waals surface area contributed by atoms with Crippen LogP contribution in [0.4, 0.5) is 15.8 Å². The van der Waals surface area contributed by atoms with Gasteiger partial charge < -0.3 is 14.6 Å². The number of rotatable bonds is 5. The molecule has 1 aliphatic rings. The van der Waals surface area contributed by atoms with Gasteiger partial charge in [0.2, 0.25) is 0 Å². The highest BCUT2D eigenvalue weighted by Gasteiger charge is 2.17. The number of anilines is 2. The molecular formula is C17H21FN2O. The maximum Gasteiger partial charge on any atom is 0.148 e. The third kappa shape index (κ3) is 3.04. The standard InChI is InChI=1S/C17H21FN2O/c1-2-15(17-6-5-11-21-17)19-13-7-8-16(14(18)12-13)20-9-3-4-10-20/h5-8,11-12,15,19H,2-4,9-10H2,1H3. The summed E-state index contributed by atoms with van der Waals surface area (Å²) in [7, 11) is 0. The predicted octanol–water partition coefficient (Wildman–Crippen LogP) is 4.58. The van der Waals surface area contributed by atoms with Crippen LogP contribution in [-0.2, 0) is 0 Å². The minimum absolute atomic E-state index is 0.0667. The molecule has 3 rings (SSSR count). The Labute approximate surface area is 124 Å². The zero-order valence-electron chi connectivity index (χ0n) is 12.3. The van der Waals surface area contributed by atoms with Crippen LogP contribution in [0.2, 0.25) is 0 Å². The maximum atomic E-state index is 14.3. The van der Waals surface area contributed by atoms with Gasteiger partial charge in [0.25, 0.3) is 0 Å². The zero-order chi connectivity index (χ0) is 14.7. The van der Waals surface area contributed by atoms with Gasteiger partial charge in [-0.25, -0.2) is 4.39 Å². The molecule has 0 amide bonds. The molecule has 1 fully saturated rings. The van der Waals surface area contributed by atoms with E-state index in [2.05, 4.69) is 17.1 Å². The van der Waals surface area contributed by atoms with Crippen LogP contribution in [0.15, 0.2) is 41.0 Å². The van der Waals surface area contributed by atoms with Gasteiger partial charge in [0.15, 0.2) is 0 Å². The van der Waals surface area contributed by atoms with Gasteiger partial charge in [-0.15, -0.1) is 0 Å². The zero-order valence-corrected chi connectivity index (χ0v) is 12.3. The fourth-order valence-corrected chi connectivity index (χ4v) is 2.88. The van der Waals surface area contributed by atoms with Crippen molar-refractivity contribution in [2.24, 2.45) is 0 Å². The van der Waals surface area contributed by atoms with Gasteiger partial charge in [0.05, 0.1) is 18.0 Å². The van der Waals surface area contributed by atoms with Crippen molar-refractivity contribution in [3.05, 3.63) is 48.2 Å². The summed E-state index contributed by atoms with van der Waals surface area (Å²) in [5.41, 5.74) is 1.50. The Hall–Kier alpha value is -1.97. The molecule has 0 radical (unpaired) electrons. The third-order valence-corrected chi connectivity index (χ3v) is 4.03. The lowest BCUT2D eigenvalue weighted by Gasteiger charge is -2.20. The molecular weight excluding hydrogens is 267 g/mol. The third-order valence-electron chi connectivity index (χ3n) is 4.03. The Kier molecular flexibility index (Phi) is 4.13. The smallest absolute Gasteiger partial charge is 0.148 e. The van der Waals surface area contributed by atoms with E-state index in [1.807, 2.05) is 24.3 Å². The highest BCUT2D eigenvalue weighted by molar-refractivity contribution is 5.57. The molecule has 1 N–H and O–H groups in total. The lowest BCUT2D eigenvalue weighted by atomic mass is 10.1. The summed E-state index contributed by atoms with van der Waals surface area (Å²) in [4.78, 5) is 2.11. The van der Waals surface area contributed by atoms with Gasteiger partial charge in [0, 0.05) is 18.8 Å². The highest BCUT2D eigenvalue weighted by Crippen LogP contribution is 2.28. The Balaban J connectivity index is 1.75. The number of benzene rings is 1. The number of hydrogen-bond donors (Lipinski definition) is 1. The highest BCUT2D eigenvalue weighted by atomic mass is 19.1. The number of nitrogens with one attached hydrogen (secondary N) is 1. The predicted molar refractivity (Wildman–Crippen MR) is 83.2 cm³/mol.